The van der Waals surface area contributed by atoms with Crippen molar-refractivity contribution < 1.29 is 14.7 Å². The molecule has 6 nitrogen and oxygen atoms in total. The molecule has 0 saturated carbocycles. The van der Waals surface area contributed by atoms with Gasteiger partial charge in [-0.2, -0.15) is 0 Å². The van der Waals surface area contributed by atoms with Gasteiger partial charge in [0.15, 0.2) is 0 Å². The van der Waals surface area contributed by atoms with Crippen molar-refractivity contribution in [2.75, 3.05) is 6.54 Å². The molecule has 21 heavy (non-hydrogen) atoms. The zero-order valence-corrected chi connectivity index (χ0v) is 11.9. The van der Waals surface area contributed by atoms with Crippen molar-refractivity contribution in [3.63, 3.8) is 0 Å². The number of para-hydroxylation sites is 2. The molecule has 6 heteroatoms. The van der Waals surface area contributed by atoms with Gasteiger partial charge >= 0.3 is 5.97 Å². The zero-order chi connectivity index (χ0) is 15.2. The van der Waals surface area contributed by atoms with Crippen LogP contribution in [-0.2, 0) is 16.0 Å². The second-order valence-electron chi connectivity index (χ2n) is 5.21. The van der Waals surface area contributed by atoms with Crippen molar-refractivity contribution in [3.05, 3.63) is 30.1 Å². The van der Waals surface area contributed by atoms with Crippen LogP contribution in [0.5, 0.6) is 0 Å². The van der Waals surface area contributed by atoms with Crippen molar-refractivity contribution in [1.29, 1.82) is 0 Å². The summed E-state index contributed by atoms with van der Waals surface area (Å²) in [5.74, 6) is -0.227. The number of fused-ring (bicyclic) bond motifs is 1. The monoisotopic (exact) mass is 289 g/mol. The standard InChI is InChI=1S/C15H19N3O3/c1-10(8-15(20)21)9-16-14(19)7-6-13-17-11-4-2-3-5-12(11)18-13/h2-5,10H,6-9H2,1H3,(H,16,19)(H,17,18)(H,20,21). The maximum Gasteiger partial charge on any atom is 0.303 e. The summed E-state index contributed by atoms with van der Waals surface area (Å²) in [6.45, 7) is 2.18. The molecule has 0 aliphatic carbocycles. The number of aryl methyl sites for hydroxylation is 1. The van der Waals surface area contributed by atoms with Gasteiger partial charge in [-0.25, -0.2) is 4.98 Å². The van der Waals surface area contributed by atoms with E-state index in [0.717, 1.165) is 16.9 Å². The number of rotatable bonds is 7. The Hall–Kier alpha value is -2.37. The number of imidazole rings is 1. The lowest BCUT2D eigenvalue weighted by Gasteiger charge is -2.09. The summed E-state index contributed by atoms with van der Waals surface area (Å²) in [6, 6.07) is 7.72. The summed E-state index contributed by atoms with van der Waals surface area (Å²) in [4.78, 5) is 29.8. The zero-order valence-electron chi connectivity index (χ0n) is 11.9. The van der Waals surface area contributed by atoms with Crippen molar-refractivity contribution in [1.82, 2.24) is 15.3 Å². The molecular formula is C15H19N3O3. The van der Waals surface area contributed by atoms with Gasteiger partial charge in [-0.1, -0.05) is 19.1 Å². The Labute approximate surface area is 122 Å². The molecule has 0 bridgehead atoms. The molecule has 0 fully saturated rings. The van der Waals surface area contributed by atoms with Crippen LogP contribution in [-0.4, -0.2) is 33.5 Å². The number of hydrogen-bond acceptors (Lipinski definition) is 3. The van der Waals surface area contributed by atoms with Crippen LogP contribution >= 0.6 is 0 Å². The van der Waals surface area contributed by atoms with Crippen LogP contribution in [0.15, 0.2) is 24.3 Å². The van der Waals surface area contributed by atoms with Crippen LogP contribution in [0.25, 0.3) is 11.0 Å². The average Bonchev–Trinajstić information content (AvgIpc) is 2.85. The lowest BCUT2D eigenvalue weighted by Crippen LogP contribution is -2.29. The SMILES string of the molecule is CC(CNC(=O)CCc1nc2ccccc2[nH]1)CC(=O)O. The number of amides is 1. The number of carbonyl (C=O) groups excluding carboxylic acids is 1. The molecule has 1 amide bonds. The minimum Gasteiger partial charge on any atom is -0.481 e. The molecule has 0 aliphatic heterocycles. The van der Waals surface area contributed by atoms with E-state index >= 15 is 0 Å². The number of aliphatic carboxylic acids is 1. The third kappa shape index (κ3) is 4.59. The summed E-state index contributed by atoms with van der Waals surface area (Å²) >= 11 is 0. The molecular weight excluding hydrogens is 270 g/mol. The van der Waals surface area contributed by atoms with Crippen LogP contribution in [0.3, 0.4) is 0 Å². The summed E-state index contributed by atoms with van der Waals surface area (Å²) in [6.07, 6.45) is 0.928. The van der Waals surface area contributed by atoms with Gasteiger partial charge < -0.3 is 15.4 Å². The van der Waals surface area contributed by atoms with Crippen LogP contribution in [0, 0.1) is 5.92 Å². The van der Waals surface area contributed by atoms with E-state index in [2.05, 4.69) is 15.3 Å². The first-order chi connectivity index (χ1) is 10.0. The predicted molar refractivity (Wildman–Crippen MR) is 78.8 cm³/mol. The molecule has 0 saturated heterocycles. The highest BCUT2D eigenvalue weighted by molar-refractivity contribution is 5.77. The van der Waals surface area contributed by atoms with Gasteiger partial charge in [0.2, 0.25) is 5.91 Å². The Bertz CT molecular complexity index is 603. The van der Waals surface area contributed by atoms with Gasteiger partial charge in [-0.15, -0.1) is 0 Å². The normalized spacial score (nSPS) is 12.2. The Morgan fingerprint density at radius 3 is 2.86 bits per heavy atom. The van der Waals surface area contributed by atoms with Gasteiger partial charge in [0.05, 0.1) is 11.0 Å². The number of hydrogen-bond donors (Lipinski definition) is 3. The Kier molecular flexibility index (Phi) is 4.92. The lowest BCUT2D eigenvalue weighted by molar-refractivity contribution is -0.138. The van der Waals surface area contributed by atoms with Crippen molar-refractivity contribution in [2.24, 2.45) is 5.92 Å². The summed E-state index contributed by atoms with van der Waals surface area (Å²) < 4.78 is 0. The molecule has 0 spiro atoms. The molecule has 1 atom stereocenters. The second-order valence-corrected chi connectivity index (χ2v) is 5.21. The van der Waals surface area contributed by atoms with E-state index in [4.69, 9.17) is 5.11 Å². The Morgan fingerprint density at radius 2 is 2.14 bits per heavy atom. The third-order valence-corrected chi connectivity index (χ3v) is 3.20. The van der Waals surface area contributed by atoms with E-state index in [1.807, 2.05) is 24.3 Å². The maximum atomic E-state index is 11.7. The molecule has 1 aromatic heterocycles. The maximum absolute atomic E-state index is 11.7. The topological polar surface area (TPSA) is 95.1 Å². The third-order valence-electron chi connectivity index (χ3n) is 3.20. The van der Waals surface area contributed by atoms with Gasteiger partial charge in [-0.3, -0.25) is 9.59 Å². The van der Waals surface area contributed by atoms with Gasteiger partial charge in [0, 0.05) is 25.8 Å². The van der Waals surface area contributed by atoms with Gasteiger partial charge in [0.25, 0.3) is 0 Å². The van der Waals surface area contributed by atoms with Crippen LogP contribution in [0.2, 0.25) is 0 Å². The number of H-pyrrole nitrogens is 1. The van der Waals surface area contributed by atoms with E-state index in [0.29, 0.717) is 19.4 Å². The molecule has 112 valence electrons. The fourth-order valence-corrected chi connectivity index (χ4v) is 2.10. The highest BCUT2D eigenvalue weighted by Crippen LogP contribution is 2.11. The molecule has 1 aromatic carbocycles. The van der Waals surface area contributed by atoms with Crippen molar-refractivity contribution in [3.8, 4) is 0 Å². The number of aromatic amines is 1. The van der Waals surface area contributed by atoms with E-state index in [-0.39, 0.29) is 18.2 Å². The fourth-order valence-electron chi connectivity index (χ4n) is 2.10. The van der Waals surface area contributed by atoms with Crippen molar-refractivity contribution in [2.45, 2.75) is 26.2 Å². The Balaban J connectivity index is 1.77. The first kappa shape index (κ1) is 15.0. The molecule has 2 aromatic rings. The van der Waals surface area contributed by atoms with Gasteiger partial charge in [-0.05, 0) is 18.1 Å². The minimum atomic E-state index is -0.848. The predicted octanol–water partition coefficient (Wildman–Crippen LogP) is 1.72. The van der Waals surface area contributed by atoms with Gasteiger partial charge in [0.1, 0.15) is 5.82 Å². The highest BCUT2D eigenvalue weighted by atomic mass is 16.4. The molecule has 2 rings (SSSR count). The summed E-state index contributed by atoms with van der Waals surface area (Å²) in [5, 5.41) is 11.4. The van der Waals surface area contributed by atoms with E-state index in [1.54, 1.807) is 6.92 Å². The number of carboxylic acid groups (broad SMARTS) is 1. The number of nitrogens with one attached hydrogen (secondary N) is 2. The smallest absolute Gasteiger partial charge is 0.303 e. The quantitative estimate of drug-likeness (QED) is 0.723. The second kappa shape index (κ2) is 6.88. The van der Waals surface area contributed by atoms with Crippen LogP contribution in [0.4, 0.5) is 0 Å². The van der Waals surface area contributed by atoms with Crippen LogP contribution in [0.1, 0.15) is 25.6 Å². The molecule has 1 heterocycles. The lowest BCUT2D eigenvalue weighted by atomic mass is 10.1. The number of carboxylic acids is 1. The number of aromatic nitrogens is 2. The molecule has 3 N–H and O–H groups in total. The summed E-state index contributed by atoms with van der Waals surface area (Å²) in [7, 11) is 0. The molecule has 0 radical (unpaired) electrons. The molecule has 1 unspecified atom stereocenters. The highest BCUT2D eigenvalue weighted by Gasteiger charge is 2.10. The fraction of sp³-hybridized carbons (Fsp3) is 0.400. The molecule has 0 aliphatic rings. The number of carbonyl (C=O) groups is 2. The first-order valence-electron chi connectivity index (χ1n) is 6.96. The Morgan fingerprint density at radius 1 is 1.38 bits per heavy atom. The van der Waals surface area contributed by atoms with Crippen LogP contribution < -0.4 is 5.32 Å². The average molecular weight is 289 g/mol. The van der Waals surface area contributed by atoms with E-state index < -0.39 is 5.97 Å². The largest absolute Gasteiger partial charge is 0.481 e. The van der Waals surface area contributed by atoms with E-state index in [1.165, 1.54) is 0 Å². The summed E-state index contributed by atoms with van der Waals surface area (Å²) in [5.41, 5.74) is 1.85. The number of nitrogens with zero attached hydrogens (tertiary/aromatic N) is 1. The van der Waals surface area contributed by atoms with Crippen molar-refractivity contribution >= 4 is 22.9 Å². The number of benzene rings is 1. The van der Waals surface area contributed by atoms with E-state index in [9.17, 15) is 9.59 Å². The minimum absolute atomic E-state index is 0.0594. The first-order valence-corrected chi connectivity index (χ1v) is 6.96.